The van der Waals surface area contributed by atoms with Crippen LogP contribution in [0, 0.1) is 0 Å². The van der Waals surface area contributed by atoms with Gasteiger partial charge in [-0.05, 0) is 60.3 Å². The largest absolute Gasteiger partial charge is 0.479 e. The lowest BCUT2D eigenvalue weighted by atomic mass is 9.85. The van der Waals surface area contributed by atoms with E-state index < -0.39 is 229 Å². The van der Waals surface area contributed by atoms with Gasteiger partial charge in [0, 0.05) is 13.8 Å². The second kappa shape index (κ2) is 34.9. The molecule has 0 radical (unpaired) electrons. The van der Waals surface area contributed by atoms with Crippen LogP contribution in [-0.2, 0) is 89.7 Å². The highest BCUT2D eigenvalue weighted by atomic mass is 31.2. The maximum Gasteiger partial charge on any atom is 0.474 e. The number of phosphoric ester groups is 1. The molecule has 0 aromatic rings. The van der Waals surface area contributed by atoms with E-state index in [4.69, 9.17) is 72.6 Å². The highest BCUT2D eigenvalue weighted by Gasteiger charge is 2.62. The van der Waals surface area contributed by atoms with Crippen molar-refractivity contribution in [1.82, 2.24) is 10.6 Å². The molecule has 0 spiro atoms. The second-order valence-electron chi connectivity index (χ2n) is 23.1. The smallest absolute Gasteiger partial charge is 0.474 e. The van der Waals surface area contributed by atoms with E-state index in [-0.39, 0.29) is 6.61 Å². The van der Waals surface area contributed by atoms with Gasteiger partial charge in [-0.3, -0.25) is 23.4 Å². The van der Waals surface area contributed by atoms with Gasteiger partial charge in [0.25, 0.3) is 0 Å². The molecule has 4 amide bonds. The van der Waals surface area contributed by atoms with Crippen LogP contribution in [0.2, 0.25) is 0 Å². The lowest BCUT2D eigenvalue weighted by molar-refractivity contribution is -0.377. The van der Waals surface area contributed by atoms with Gasteiger partial charge in [-0.1, -0.05) is 34.9 Å². The van der Waals surface area contributed by atoms with Crippen molar-refractivity contribution in [2.75, 3.05) is 33.0 Å². The maximum absolute atomic E-state index is 13.9. The number of ether oxygens (including phenoxy) is 11. The van der Waals surface area contributed by atoms with Crippen molar-refractivity contribution in [1.29, 1.82) is 0 Å². The SMILES string of the molecule is CC(=O)N[C@H]1[C@H](O[C@H]2[C@H](O)[C@@H](NC(C)=O)[C@H](O[C@H]3[C@@H](OP(=O)(O)OC[C@@H](OC/C=C(/C)CC/C=C(\C)CCC=C(C)C)C(=O)O)O[C@H](C(N)=O)[C@@](C)(O)[C@@H]3OC(N)=O)O[C@@H]2COC2O[C@H](CO)[C@@H](O)[C@H](O)[C@H]2O)O[C@H](CO)[C@@H](O[C@@H]2OC(C(=O)O)[C@H](O)[C@H](O)[C@H]2O)[C@@H]1O. The van der Waals surface area contributed by atoms with Crippen LogP contribution in [0.5, 0.6) is 0 Å². The summed E-state index contributed by atoms with van der Waals surface area (Å²) in [4.78, 5) is 87.0. The number of carbonyl (C=O) groups is 6. The van der Waals surface area contributed by atoms with Gasteiger partial charge in [0.15, 0.2) is 62.0 Å². The number of phosphoric acid groups is 1. The molecule has 20 N–H and O–H groups in total. The molecule has 0 aromatic carbocycles. The Kier molecular flexibility index (Phi) is 29.5. The molecule has 0 saturated carbocycles. The molecule has 39 heteroatoms. The first-order valence-electron chi connectivity index (χ1n) is 29.2. The van der Waals surface area contributed by atoms with Crippen molar-refractivity contribution < 1.29 is 166 Å². The number of carboxylic acid groups (broad SMARTS) is 2. The Balaban J connectivity index is 1.51. The van der Waals surface area contributed by atoms with Crippen LogP contribution in [0.15, 0.2) is 34.9 Å². The lowest BCUT2D eigenvalue weighted by Gasteiger charge is -2.52. The monoisotopic (exact) mass is 1370 g/mol. The normalized spacial score (nSPS) is 38.6. The van der Waals surface area contributed by atoms with Crippen LogP contribution in [0.4, 0.5) is 4.79 Å². The Labute approximate surface area is 531 Å². The highest BCUT2D eigenvalue weighted by Crippen LogP contribution is 2.49. The van der Waals surface area contributed by atoms with Gasteiger partial charge < -0.3 is 145 Å². The van der Waals surface area contributed by atoms with Crippen LogP contribution in [0.1, 0.15) is 74.1 Å². The molecule has 0 aromatic heterocycles. The number of nitrogens with one attached hydrogen (secondary N) is 2. The van der Waals surface area contributed by atoms with Crippen molar-refractivity contribution in [2.24, 2.45) is 11.5 Å². The van der Waals surface area contributed by atoms with E-state index in [0.717, 1.165) is 39.2 Å². The fourth-order valence-electron chi connectivity index (χ4n) is 10.5. The number of primary amides is 2. The molecule has 27 atom stereocenters. The van der Waals surface area contributed by atoms with E-state index in [1.165, 1.54) is 11.1 Å². The third-order valence-electron chi connectivity index (χ3n) is 15.4. The number of nitrogens with two attached hydrogens (primary N) is 2. The fourth-order valence-corrected chi connectivity index (χ4v) is 11.3. The Hall–Kier alpha value is -4.89. The minimum Gasteiger partial charge on any atom is -0.479 e. The Bertz CT molecular complexity index is 2670. The summed E-state index contributed by atoms with van der Waals surface area (Å²) in [5.41, 5.74) is 11.2. The van der Waals surface area contributed by atoms with Gasteiger partial charge in [0.2, 0.25) is 17.7 Å². The van der Waals surface area contributed by atoms with E-state index in [9.17, 15) is 105 Å². The second-order valence-corrected chi connectivity index (χ2v) is 24.5. The van der Waals surface area contributed by atoms with E-state index in [1.807, 2.05) is 20.8 Å². The minimum absolute atomic E-state index is 0.332. The fraction of sp³-hybridized carbons (Fsp3) is 0.778. The van der Waals surface area contributed by atoms with Gasteiger partial charge in [-0.25, -0.2) is 18.9 Å². The summed E-state index contributed by atoms with van der Waals surface area (Å²) in [5.74, 6) is -7.08. The van der Waals surface area contributed by atoms with Crippen LogP contribution < -0.4 is 22.1 Å². The predicted molar refractivity (Wildman–Crippen MR) is 303 cm³/mol. The van der Waals surface area contributed by atoms with Crippen molar-refractivity contribution in [3.05, 3.63) is 34.9 Å². The third kappa shape index (κ3) is 21.1. The van der Waals surface area contributed by atoms with Gasteiger partial charge in [-0.15, -0.1) is 0 Å². The lowest BCUT2D eigenvalue weighted by Crippen LogP contribution is -2.72. The Morgan fingerprint density at radius 1 is 0.613 bits per heavy atom. The summed E-state index contributed by atoms with van der Waals surface area (Å²) in [6.07, 6.45) is -43.3. The van der Waals surface area contributed by atoms with Gasteiger partial charge in [0.1, 0.15) is 97.0 Å². The number of hydrogen-bond donors (Lipinski definition) is 18. The molecule has 5 aliphatic heterocycles. The molecular weight excluding hydrogens is 1280 g/mol. The number of aliphatic hydroxyl groups excluding tert-OH is 10. The molecular formula is C54H87N4O34P. The zero-order valence-corrected chi connectivity index (χ0v) is 52.5. The summed E-state index contributed by atoms with van der Waals surface area (Å²) in [6, 6.07) is -4.08. The summed E-state index contributed by atoms with van der Waals surface area (Å²) in [6.45, 7) is 5.54. The number of carboxylic acids is 2. The molecule has 532 valence electrons. The summed E-state index contributed by atoms with van der Waals surface area (Å²) in [7, 11) is -5.82. The number of rotatable bonds is 31. The van der Waals surface area contributed by atoms with Gasteiger partial charge in [0.05, 0.1) is 33.0 Å². The molecule has 0 aliphatic carbocycles. The number of aliphatic carboxylic acids is 2. The van der Waals surface area contributed by atoms with Crippen LogP contribution in [0.25, 0.3) is 0 Å². The number of amides is 4. The molecule has 3 unspecified atom stereocenters. The van der Waals surface area contributed by atoms with Gasteiger partial charge >= 0.3 is 25.9 Å². The first-order valence-corrected chi connectivity index (χ1v) is 30.6. The van der Waals surface area contributed by atoms with Crippen LogP contribution >= 0.6 is 7.82 Å². The minimum atomic E-state index is -5.82. The first-order chi connectivity index (χ1) is 43.4. The molecule has 5 heterocycles. The zero-order valence-electron chi connectivity index (χ0n) is 51.6. The van der Waals surface area contributed by atoms with E-state index in [0.29, 0.717) is 12.8 Å². The topological polar surface area (TPSA) is 599 Å². The average Bonchev–Trinajstić information content (AvgIpc) is 0.758. The van der Waals surface area contributed by atoms with Crippen molar-refractivity contribution in [3.63, 3.8) is 0 Å². The third-order valence-corrected chi connectivity index (χ3v) is 16.4. The van der Waals surface area contributed by atoms with Crippen molar-refractivity contribution in [3.8, 4) is 0 Å². The van der Waals surface area contributed by atoms with E-state index in [2.05, 4.69) is 22.8 Å². The summed E-state index contributed by atoms with van der Waals surface area (Å²) >= 11 is 0. The standard InChI is InChI=1S/C54H87N4O34P/c1-20(2)10-8-11-21(3)12-9-13-22(4)14-15-80-28(46(72)73)19-82-93(78,79)92-52-42(43(91-53(56)76)54(7,77)44(90-52)45(55)71)89-49-30(58-24(6)62)33(65)40(27(85-49)18-81-50-37(69)34(66)31(63)25(16-59)83-50)86-48-29(57-23(5)61)32(64)39(26(17-60)84-48)87-51-38(70)35(67)36(68)41(88-51)47(74)75/h10,12,14,25-44,48-52,59-60,63-70,77H,8-9,11,13,15-19H2,1-7H3,(H2,55,71)(H2,56,76)(H,57,61)(H,58,62)(H,72,73)(H,74,75)(H,78,79)/b21-12+,22-14-/t25-,26-,27-,28-,29-,30-,31-,32-,33-,34+,35+,36-,37-,38-,39-,40-,41?,42-,43-,44-,48+,49+,50?,51-,52-,54+/m1/s1. The highest BCUT2D eigenvalue weighted by molar-refractivity contribution is 7.47. The Morgan fingerprint density at radius 3 is 1.65 bits per heavy atom. The number of allylic oxidation sites excluding steroid dienone is 5. The molecule has 5 saturated heterocycles. The number of aliphatic hydroxyl groups is 11. The molecule has 0 bridgehead atoms. The summed E-state index contributed by atoms with van der Waals surface area (Å²) < 4.78 is 87.2. The average molecular weight is 1370 g/mol. The molecule has 5 aliphatic rings. The van der Waals surface area contributed by atoms with Crippen LogP contribution in [-0.4, -0.2) is 299 Å². The molecule has 93 heavy (non-hydrogen) atoms. The molecule has 5 fully saturated rings. The summed E-state index contributed by atoms with van der Waals surface area (Å²) in [5, 5.41) is 145. The number of hydrogen-bond acceptors (Lipinski definition) is 31. The zero-order chi connectivity index (χ0) is 69.7. The molecule has 38 nitrogen and oxygen atoms in total. The van der Waals surface area contributed by atoms with E-state index >= 15 is 0 Å². The molecule has 5 rings (SSSR count). The van der Waals surface area contributed by atoms with E-state index in [1.54, 1.807) is 13.0 Å². The van der Waals surface area contributed by atoms with Crippen molar-refractivity contribution >= 4 is 43.6 Å². The maximum atomic E-state index is 13.9. The first kappa shape index (κ1) is 78.8. The quantitative estimate of drug-likeness (QED) is 0.0227. The Morgan fingerprint density at radius 2 is 1.12 bits per heavy atom. The van der Waals surface area contributed by atoms with Crippen molar-refractivity contribution in [2.45, 2.75) is 233 Å². The van der Waals surface area contributed by atoms with Crippen LogP contribution in [0.3, 0.4) is 0 Å². The predicted octanol–water partition coefficient (Wildman–Crippen LogP) is -6.53. The number of carbonyl (C=O) groups excluding carboxylic acids is 4. The van der Waals surface area contributed by atoms with Gasteiger partial charge in [-0.2, -0.15) is 0 Å².